The van der Waals surface area contributed by atoms with Crippen LogP contribution in [0.15, 0.2) is 23.8 Å². The van der Waals surface area contributed by atoms with Gasteiger partial charge in [-0.25, -0.2) is 0 Å². The largest absolute Gasteiger partial charge is 0.367 e. The molecule has 0 aromatic heterocycles. The first-order valence-electron chi connectivity index (χ1n) is 4.53. The van der Waals surface area contributed by atoms with Crippen LogP contribution in [-0.4, -0.2) is 18.8 Å². The minimum Gasteiger partial charge on any atom is -0.367 e. The molecule has 2 heteroatoms. The maximum Gasteiger partial charge on any atom is 0.0922 e. The molecule has 0 N–H and O–H groups in total. The van der Waals surface area contributed by atoms with Crippen LogP contribution in [0.1, 0.15) is 26.7 Å². The zero-order valence-corrected chi connectivity index (χ0v) is 9.75. The third-order valence-electron chi connectivity index (χ3n) is 1.59. The second-order valence-electron chi connectivity index (χ2n) is 3.30. The van der Waals surface area contributed by atoms with Gasteiger partial charge < -0.3 is 4.74 Å². The normalized spacial score (nSPS) is 11.8. The van der Waals surface area contributed by atoms with Crippen LogP contribution >= 0.6 is 11.8 Å². The predicted octanol–water partition coefficient (Wildman–Crippen LogP) is 3.63. The quantitative estimate of drug-likeness (QED) is 0.352. The van der Waals surface area contributed by atoms with Crippen molar-refractivity contribution >= 4 is 11.8 Å². The number of rotatable bonds is 7. The summed E-state index contributed by atoms with van der Waals surface area (Å²) in [5, 5.41) is 0. The lowest BCUT2D eigenvalue weighted by atomic mass is 10.1. The van der Waals surface area contributed by atoms with Crippen LogP contribution in [-0.2, 0) is 4.74 Å². The zero-order chi connectivity index (χ0) is 10.1. The fourth-order valence-electron chi connectivity index (χ4n) is 0.910. The van der Waals surface area contributed by atoms with Crippen LogP contribution in [0.5, 0.6) is 0 Å². The molecular formula is C11H20OS. The third kappa shape index (κ3) is 9.71. The van der Waals surface area contributed by atoms with Gasteiger partial charge in [0, 0.05) is 0 Å². The second-order valence-corrected chi connectivity index (χ2v) is 4.11. The number of hydrogen-bond donors (Lipinski definition) is 0. The fourth-order valence-corrected chi connectivity index (χ4v) is 1.16. The van der Waals surface area contributed by atoms with Crippen molar-refractivity contribution in [3.63, 3.8) is 0 Å². The highest BCUT2D eigenvalue weighted by molar-refractivity contribution is 7.98. The van der Waals surface area contributed by atoms with Gasteiger partial charge in [0.1, 0.15) is 0 Å². The molecule has 0 bridgehead atoms. The molecule has 0 rings (SSSR count). The third-order valence-corrected chi connectivity index (χ3v) is 2.00. The lowest BCUT2D eigenvalue weighted by Crippen LogP contribution is -1.94. The molecule has 0 aliphatic rings. The summed E-state index contributed by atoms with van der Waals surface area (Å²) in [5.41, 5.74) is 2.56. The average Bonchev–Trinajstić information content (AvgIpc) is 2.04. The number of thioether (sulfide) groups is 1. The van der Waals surface area contributed by atoms with Crippen LogP contribution in [0.2, 0.25) is 0 Å². The topological polar surface area (TPSA) is 9.23 Å². The summed E-state index contributed by atoms with van der Waals surface area (Å²) in [6.07, 6.45) is 6.44. The Labute approximate surface area is 86.2 Å². The van der Waals surface area contributed by atoms with Crippen molar-refractivity contribution in [1.82, 2.24) is 0 Å². The Bertz CT molecular complexity index is 173. The van der Waals surface area contributed by atoms with Crippen LogP contribution in [0.4, 0.5) is 0 Å². The smallest absolute Gasteiger partial charge is 0.0922 e. The molecule has 76 valence electrons. The van der Waals surface area contributed by atoms with E-state index < -0.39 is 0 Å². The molecule has 0 atom stereocenters. The Kier molecular flexibility index (Phi) is 8.26. The molecule has 0 aliphatic carbocycles. The Balaban J connectivity index is 3.45. The Morgan fingerprint density at radius 3 is 2.69 bits per heavy atom. The van der Waals surface area contributed by atoms with Crippen molar-refractivity contribution in [2.75, 3.05) is 18.8 Å². The van der Waals surface area contributed by atoms with Crippen molar-refractivity contribution in [3.05, 3.63) is 23.8 Å². The summed E-state index contributed by atoms with van der Waals surface area (Å²) in [6.45, 7) is 8.80. The predicted molar refractivity (Wildman–Crippen MR) is 62.1 cm³/mol. The first kappa shape index (κ1) is 12.8. The van der Waals surface area contributed by atoms with Gasteiger partial charge in [-0.1, -0.05) is 17.2 Å². The van der Waals surface area contributed by atoms with Crippen molar-refractivity contribution in [1.29, 1.82) is 0 Å². The van der Waals surface area contributed by atoms with E-state index in [1.807, 2.05) is 6.26 Å². The van der Waals surface area contributed by atoms with E-state index in [2.05, 4.69) is 26.5 Å². The monoisotopic (exact) mass is 200 g/mol. The summed E-state index contributed by atoms with van der Waals surface area (Å²) >= 11 is 1.71. The molecule has 0 aliphatic heterocycles. The van der Waals surface area contributed by atoms with Gasteiger partial charge in [0.25, 0.3) is 0 Å². The van der Waals surface area contributed by atoms with Crippen molar-refractivity contribution in [2.45, 2.75) is 26.7 Å². The summed E-state index contributed by atoms with van der Waals surface area (Å²) in [4.78, 5) is 0. The van der Waals surface area contributed by atoms with Crippen molar-refractivity contribution in [3.8, 4) is 0 Å². The van der Waals surface area contributed by atoms with E-state index in [1.165, 1.54) is 11.1 Å². The van der Waals surface area contributed by atoms with E-state index in [-0.39, 0.29) is 0 Å². The first-order chi connectivity index (χ1) is 6.16. The zero-order valence-electron chi connectivity index (χ0n) is 8.93. The lowest BCUT2D eigenvalue weighted by Gasteiger charge is -2.02. The SMILES string of the molecule is C=C(C)CCC=C(C)COCSC. The van der Waals surface area contributed by atoms with Crippen molar-refractivity contribution < 1.29 is 4.74 Å². The number of hydrogen-bond acceptors (Lipinski definition) is 2. The highest BCUT2D eigenvalue weighted by Crippen LogP contribution is 2.05. The van der Waals surface area contributed by atoms with E-state index in [0.717, 1.165) is 25.4 Å². The van der Waals surface area contributed by atoms with E-state index in [4.69, 9.17) is 4.74 Å². The lowest BCUT2D eigenvalue weighted by molar-refractivity contribution is 0.209. The minimum atomic E-state index is 0.761. The van der Waals surface area contributed by atoms with Crippen LogP contribution in [0.3, 0.4) is 0 Å². The number of ether oxygens (including phenoxy) is 1. The molecule has 0 saturated heterocycles. The van der Waals surface area contributed by atoms with Crippen LogP contribution < -0.4 is 0 Å². The summed E-state index contributed by atoms with van der Waals surface area (Å²) in [6, 6.07) is 0. The van der Waals surface area contributed by atoms with Gasteiger partial charge in [-0.2, -0.15) is 0 Å². The Hall–Kier alpha value is -0.210. The molecule has 0 radical (unpaired) electrons. The molecule has 0 spiro atoms. The van der Waals surface area contributed by atoms with E-state index in [1.54, 1.807) is 11.8 Å². The minimum absolute atomic E-state index is 0.761. The van der Waals surface area contributed by atoms with Crippen LogP contribution in [0.25, 0.3) is 0 Å². The molecule has 0 amide bonds. The summed E-state index contributed by atoms with van der Waals surface area (Å²) < 4.78 is 5.37. The summed E-state index contributed by atoms with van der Waals surface area (Å²) in [7, 11) is 0. The first-order valence-corrected chi connectivity index (χ1v) is 5.93. The maximum atomic E-state index is 5.37. The molecule has 0 unspecified atom stereocenters. The van der Waals surface area contributed by atoms with E-state index >= 15 is 0 Å². The van der Waals surface area contributed by atoms with Crippen LogP contribution in [0, 0.1) is 0 Å². The highest BCUT2D eigenvalue weighted by atomic mass is 32.2. The molecule has 0 aromatic carbocycles. The standard InChI is InChI=1S/C11H20OS/c1-10(2)6-5-7-11(3)8-12-9-13-4/h7H,1,5-6,8-9H2,2-4H3. The molecule has 0 aromatic rings. The Morgan fingerprint density at radius 2 is 2.15 bits per heavy atom. The maximum absolute atomic E-state index is 5.37. The summed E-state index contributed by atoms with van der Waals surface area (Å²) in [5.74, 6) is 0.783. The average molecular weight is 200 g/mol. The molecule has 0 saturated carbocycles. The van der Waals surface area contributed by atoms with Crippen molar-refractivity contribution in [2.24, 2.45) is 0 Å². The molecule has 13 heavy (non-hydrogen) atoms. The van der Waals surface area contributed by atoms with E-state index in [0.29, 0.717) is 0 Å². The van der Waals surface area contributed by atoms with Gasteiger partial charge in [0.2, 0.25) is 0 Å². The number of allylic oxidation sites excluding steroid dienone is 2. The van der Waals surface area contributed by atoms with Gasteiger partial charge in [0.15, 0.2) is 0 Å². The van der Waals surface area contributed by atoms with Gasteiger partial charge in [-0.15, -0.1) is 18.3 Å². The van der Waals surface area contributed by atoms with Gasteiger partial charge in [0.05, 0.1) is 12.5 Å². The fraction of sp³-hybridized carbons (Fsp3) is 0.636. The Morgan fingerprint density at radius 1 is 1.46 bits per heavy atom. The highest BCUT2D eigenvalue weighted by Gasteiger charge is 1.90. The van der Waals surface area contributed by atoms with Gasteiger partial charge >= 0.3 is 0 Å². The molecule has 1 nitrogen and oxygen atoms in total. The van der Waals surface area contributed by atoms with E-state index in [9.17, 15) is 0 Å². The molecule has 0 heterocycles. The van der Waals surface area contributed by atoms with Gasteiger partial charge in [-0.05, 0) is 32.9 Å². The molecular weight excluding hydrogens is 180 g/mol. The molecule has 0 fully saturated rings. The van der Waals surface area contributed by atoms with Gasteiger partial charge in [-0.3, -0.25) is 0 Å². The second kappa shape index (κ2) is 8.39.